The van der Waals surface area contributed by atoms with Crippen LogP contribution in [0, 0.1) is 5.92 Å². The summed E-state index contributed by atoms with van der Waals surface area (Å²) in [7, 11) is 0. The van der Waals surface area contributed by atoms with Crippen LogP contribution >= 0.6 is 23.1 Å². The van der Waals surface area contributed by atoms with E-state index in [2.05, 4.69) is 22.4 Å². The Kier molecular flexibility index (Phi) is 8.99. The molecule has 3 aromatic heterocycles. The van der Waals surface area contributed by atoms with Gasteiger partial charge in [-0.3, -0.25) is 4.98 Å². The SMILES string of the molecule is CC(C)(C)OC(=O)N1CCC(CSc2cnc(Nc3nc(-c4ccccc4)cs3)cc2Oc2cccc3ncccc23)CC1. The fourth-order valence-electron chi connectivity index (χ4n) is 4.96. The first kappa shape index (κ1) is 29.9. The van der Waals surface area contributed by atoms with Crippen LogP contribution in [0.15, 0.2) is 89.4 Å². The average molecular weight is 626 g/mol. The second-order valence-electron chi connectivity index (χ2n) is 11.7. The number of amides is 1. The van der Waals surface area contributed by atoms with Crippen molar-refractivity contribution in [2.24, 2.45) is 5.92 Å². The first-order chi connectivity index (χ1) is 21.3. The molecular formula is C34H35N5O3S2. The van der Waals surface area contributed by atoms with Crippen LogP contribution in [0.1, 0.15) is 33.6 Å². The van der Waals surface area contributed by atoms with Gasteiger partial charge in [-0.25, -0.2) is 14.8 Å². The highest BCUT2D eigenvalue weighted by Crippen LogP contribution is 2.39. The molecule has 0 spiro atoms. The number of piperidine rings is 1. The Morgan fingerprint density at radius 3 is 2.64 bits per heavy atom. The van der Waals surface area contributed by atoms with Crippen LogP contribution in [0.2, 0.25) is 0 Å². The number of benzene rings is 2. The molecule has 8 nitrogen and oxygen atoms in total. The highest BCUT2D eigenvalue weighted by atomic mass is 32.2. The van der Waals surface area contributed by atoms with Crippen molar-refractivity contribution in [3.63, 3.8) is 0 Å². The number of rotatable bonds is 8. The Balaban J connectivity index is 1.18. The molecule has 2 aromatic carbocycles. The van der Waals surface area contributed by atoms with E-state index in [4.69, 9.17) is 19.4 Å². The molecule has 0 unspecified atom stereocenters. The highest BCUT2D eigenvalue weighted by molar-refractivity contribution is 7.99. The van der Waals surface area contributed by atoms with Gasteiger partial charge in [0.05, 0.1) is 16.1 Å². The summed E-state index contributed by atoms with van der Waals surface area (Å²) in [4.78, 5) is 29.3. The van der Waals surface area contributed by atoms with Gasteiger partial charge in [0.1, 0.15) is 22.9 Å². The molecule has 1 fully saturated rings. The lowest BCUT2D eigenvalue weighted by Gasteiger charge is -2.33. The van der Waals surface area contributed by atoms with E-state index in [-0.39, 0.29) is 6.09 Å². The second-order valence-corrected chi connectivity index (χ2v) is 13.6. The van der Waals surface area contributed by atoms with Crippen molar-refractivity contribution < 1.29 is 14.3 Å². The van der Waals surface area contributed by atoms with Crippen molar-refractivity contribution in [3.8, 4) is 22.8 Å². The quantitative estimate of drug-likeness (QED) is 0.171. The summed E-state index contributed by atoms with van der Waals surface area (Å²) in [5, 5.41) is 7.11. The molecule has 0 bridgehead atoms. The average Bonchev–Trinajstić information content (AvgIpc) is 3.49. The number of carbonyl (C=O) groups excluding carboxylic acids is 1. The van der Waals surface area contributed by atoms with Gasteiger partial charge in [0.25, 0.3) is 0 Å². The zero-order valence-corrected chi connectivity index (χ0v) is 26.7. The minimum Gasteiger partial charge on any atom is -0.455 e. The van der Waals surface area contributed by atoms with E-state index in [1.54, 1.807) is 18.0 Å². The van der Waals surface area contributed by atoms with Gasteiger partial charge in [-0.1, -0.05) is 36.4 Å². The molecule has 10 heteroatoms. The van der Waals surface area contributed by atoms with Gasteiger partial charge in [0.15, 0.2) is 5.13 Å². The third-order valence-electron chi connectivity index (χ3n) is 7.21. The van der Waals surface area contributed by atoms with Gasteiger partial charge in [-0.05, 0) is 63.8 Å². The molecule has 6 rings (SSSR count). The minimum atomic E-state index is -0.488. The first-order valence-corrected chi connectivity index (χ1v) is 16.6. The van der Waals surface area contributed by atoms with Crippen LogP contribution in [-0.4, -0.2) is 50.4 Å². The fraction of sp³-hybridized carbons (Fsp3) is 0.294. The van der Waals surface area contributed by atoms with E-state index >= 15 is 0 Å². The number of nitrogens with zero attached hydrogens (tertiary/aromatic N) is 4. The highest BCUT2D eigenvalue weighted by Gasteiger charge is 2.27. The number of likely N-dealkylation sites (tertiary alicyclic amines) is 1. The normalized spacial score (nSPS) is 14.0. The van der Waals surface area contributed by atoms with E-state index in [0.29, 0.717) is 24.8 Å². The standard InChI is InChI=1S/C34H35N5O3S2/c1-34(2,3)42-33(40)39-17-14-23(15-18-39)21-43-30-20-36-31(38-32-37-27(22-44-32)24-9-5-4-6-10-24)19-29(30)41-28-13-7-12-26-25(28)11-8-16-35-26/h4-13,16,19-20,22-23H,14-15,17-18,21H2,1-3H3,(H,36,37,38). The summed E-state index contributed by atoms with van der Waals surface area (Å²) in [5.41, 5.74) is 2.38. The summed E-state index contributed by atoms with van der Waals surface area (Å²) in [6, 6.07) is 21.9. The van der Waals surface area contributed by atoms with Gasteiger partial charge >= 0.3 is 6.09 Å². The monoisotopic (exact) mass is 625 g/mol. The predicted octanol–water partition coefficient (Wildman–Crippen LogP) is 9.03. The van der Waals surface area contributed by atoms with Gasteiger partial charge < -0.3 is 19.7 Å². The summed E-state index contributed by atoms with van der Waals surface area (Å²) >= 11 is 3.27. The maximum Gasteiger partial charge on any atom is 0.410 e. The molecule has 0 aliphatic carbocycles. The van der Waals surface area contributed by atoms with E-state index < -0.39 is 5.60 Å². The molecule has 5 aromatic rings. The van der Waals surface area contributed by atoms with E-state index in [0.717, 1.165) is 62.3 Å². The smallest absolute Gasteiger partial charge is 0.410 e. The third kappa shape index (κ3) is 7.49. The van der Waals surface area contributed by atoms with Crippen LogP contribution in [0.4, 0.5) is 15.7 Å². The molecule has 4 heterocycles. The Morgan fingerprint density at radius 1 is 1.02 bits per heavy atom. The number of carbonyl (C=O) groups is 1. The number of fused-ring (bicyclic) bond motifs is 1. The van der Waals surface area contributed by atoms with Gasteiger partial charge in [-0.15, -0.1) is 23.1 Å². The number of ether oxygens (including phenoxy) is 2. The van der Waals surface area contributed by atoms with Crippen molar-refractivity contribution in [1.29, 1.82) is 0 Å². The lowest BCUT2D eigenvalue weighted by molar-refractivity contribution is 0.0191. The van der Waals surface area contributed by atoms with E-state index in [1.165, 1.54) is 11.3 Å². The summed E-state index contributed by atoms with van der Waals surface area (Å²) in [6.07, 6.45) is 5.28. The summed E-state index contributed by atoms with van der Waals surface area (Å²) < 4.78 is 12.1. The Hall–Kier alpha value is -4.15. The molecule has 44 heavy (non-hydrogen) atoms. The number of anilines is 2. The Bertz CT molecular complexity index is 1730. The fourth-order valence-corrected chi connectivity index (χ4v) is 6.81. The van der Waals surface area contributed by atoms with Crippen molar-refractivity contribution in [2.45, 2.75) is 44.1 Å². The van der Waals surface area contributed by atoms with Crippen molar-refractivity contribution in [3.05, 3.63) is 84.5 Å². The van der Waals surface area contributed by atoms with Crippen LogP contribution in [0.25, 0.3) is 22.2 Å². The van der Waals surface area contributed by atoms with E-state index in [9.17, 15) is 4.79 Å². The number of thiazole rings is 1. The van der Waals surface area contributed by atoms with Gasteiger partial charge in [0.2, 0.25) is 0 Å². The zero-order chi connectivity index (χ0) is 30.5. The number of pyridine rings is 2. The minimum absolute atomic E-state index is 0.229. The number of aromatic nitrogens is 3. The first-order valence-electron chi connectivity index (χ1n) is 14.7. The summed E-state index contributed by atoms with van der Waals surface area (Å²) in [5.74, 6) is 3.48. The molecule has 0 radical (unpaired) electrons. The largest absolute Gasteiger partial charge is 0.455 e. The predicted molar refractivity (Wildman–Crippen MR) is 178 cm³/mol. The van der Waals surface area contributed by atoms with Crippen molar-refractivity contribution in [1.82, 2.24) is 19.9 Å². The molecular weight excluding hydrogens is 591 g/mol. The molecule has 226 valence electrons. The molecule has 1 saturated heterocycles. The second kappa shape index (κ2) is 13.2. The van der Waals surface area contributed by atoms with Crippen molar-refractivity contribution in [2.75, 3.05) is 24.2 Å². The lowest BCUT2D eigenvalue weighted by atomic mass is 9.99. The van der Waals surface area contributed by atoms with E-state index in [1.807, 2.05) is 91.8 Å². The maximum absolute atomic E-state index is 12.5. The maximum atomic E-state index is 12.5. The molecule has 1 aliphatic heterocycles. The van der Waals surface area contributed by atoms with Crippen molar-refractivity contribution >= 4 is 51.0 Å². The Morgan fingerprint density at radius 2 is 1.84 bits per heavy atom. The summed E-state index contributed by atoms with van der Waals surface area (Å²) in [6.45, 7) is 7.10. The van der Waals surface area contributed by atoms with Crippen LogP contribution < -0.4 is 10.1 Å². The third-order valence-corrected chi connectivity index (χ3v) is 9.22. The zero-order valence-electron chi connectivity index (χ0n) is 25.0. The van der Waals surface area contributed by atoms with Crippen LogP contribution in [0.5, 0.6) is 11.5 Å². The molecule has 1 amide bonds. The van der Waals surface area contributed by atoms with Gasteiger partial charge in [0, 0.05) is 53.6 Å². The molecule has 1 aliphatic rings. The number of nitrogens with one attached hydrogen (secondary N) is 1. The van der Waals surface area contributed by atoms with Crippen LogP contribution in [0.3, 0.4) is 0 Å². The van der Waals surface area contributed by atoms with Crippen LogP contribution in [-0.2, 0) is 4.74 Å². The molecule has 0 atom stereocenters. The molecule has 0 saturated carbocycles. The number of thioether (sulfide) groups is 1. The Labute approximate surface area is 265 Å². The molecule has 1 N–H and O–H groups in total. The number of hydrogen-bond donors (Lipinski definition) is 1. The topological polar surface area (TPSA) is 89.5 Å². The number of hydrogen-bond acceptors (Lipinski definition) is 9. The van der Waals surface area contributed by atoms with Gasteiger partial charge in [-0.2, -0.15) is 0 Å². The lowest BCUT2D eigenvalue weighted by Crippen LogP contribution is -2.42.